The fourth-order valence-corrected chi connectivity index (χ4v) is 2.92. The Kier molecular flexibility index (Phi) is 7.24. The Morgan fingerprint density at radius 3 is 2.58 bits per heavy atom. The Morgan fingerprint density at radius 1 is 1.18 bits per heavy atom. The predicted octanol–water partition coefficient (Wildman–Crippen LogP) is 4.43. The van der Waals surface area contributed by atoms with E-state index < -0.39 is 16.6 Å². The zero-order valence-electron chi connectivity index (χ0n) is 17.5. The van der Waals surface area contributed by atoms with Crippen LogP contribution in [0.15, 0.2) is 72.3 Å². The van der Waals surface area contributed by atoms with Crippen LogP contribution in [-0.4, -0.2) is 23.0 Å². The lowest BCUT2D eigenvalue weighted by atomic mass is 10.1. The van der Waals surface area contributed by atoms with Crippen molar-refractivity contribution in [1.29, 1.82) is 5.26 Å². The highest BCUT2D eigenvalue weighted by molar-refractivity contribution is 6.10. The van der Waals surface area contributed by atoms with Gasteiger partial charge in [0.2, 0.25) is 0 Å². The molecule has 3 rings (SSSR count). The summed E-state index contributed by atoms with van der Waals surface area (Å²) in [6.45, 7) is 0.243. The van der Waals surface area contributed by atoms with Gasteiger partial charge in [-0.1, -0.05) is 42.5 Å². The second-order valence-corrected chi connectivity index (χ2v) is 6.74. The van der Waals surface area contributed by atoms with Crippen LogP contribution in [0.5, 0.6) is 17.2 Å². The zero-order chi connectivity index (χ0) is 23.8. The third-order valence-corrected chi connectivity index (χ3v) is 4.56. The number of carbonyl (C=O) groups excluding carboxylic acids is 1. The Bertz CT molecular complexity index is 1250. The first-order valence-electron chi connectivity index (χ1n) is 9.67. The zero-order valence-corrected chi connectivity index (χ0v) is 17.5. The van der Waals surface area contributed by atoms with E-state index in [9.17, 15) is 25.3 Å². The smallest absolute Gasteiger partial charge is 0.273 e. The summed E-state index contributed by atoms with van der Waals surface area (Å²) < 4.78 is 11.3. The molecule has 166 valence electrons. The van der Waals surface area contributed by atoms with Gasteiger partial charge in [-0.2, -0.15) is 5.26 Å². The number of hydrogen-bond donors (Lipinski definition) is 2. The first kappa shape index (κ1) is 22.8. The first-order valence-corrected chi connectivity index (χ1v) is 9.67. The van der Waals surface area contributed by atoms with Crippen molar-refractivity contribution in [3.63, 3.8) is 0 Å². The van der Waals surface area contributed by atoms with Crippen molar-refractivity contribution in [3.05, 3.63) is 93.5 Å². The van der Waals surface area contributed by atoms with E-state index in [1.807, 2.05) is 36.4 Å². The van der Waals surface area contributed by atoms with Gasteiger partial charge in [0.25, 0.3) is 11.6 Å². The molecular formula is C24H19N3O6. The third kappa shape index (κ3) is 5.65. The highest BCUT2D eigenvalue weighted by atomic mass is 16.6. The van der Waals surface area contributed by atoms with Gasteiger partial charge in [0.05, 0.1) is 23.8 Å². The molecule has 0 aliphatic carbocycles. The number of nitriles is 1. The highest BCUT2D eigenvalue weighted by Gasteiger charge is 2.17. The molecule has 0 aromatic heterocycles. The standard InChI is InChI=1S/C24H19N3O6/c1-32-22-9-5-8-17(23(22)33-15-16-6-3-2-4-7-16)12-18(14-25)24(29)26-20-11-10-19(27(30)31)13-21(20)28/h2-13,28H,15H2,1H3,(H,26,29). The summed E-state index contributed by atoms with van der Waals surface area (Å²) in [7, 11) is 1.48. The summed E-state index contributed by atoms with van der Waals surface area (Å²) >= 11 is 0. The molecular weight excluding hydrogens is 426 g/mol. The molecule has 0 saturated carbocycles. The summed E-state index contributed by atoms with van der Waals surface area (Å²) in [5, 5.41) is 32.7. The molecule has 0 atom stereocenters. The van der Waals surface area contributed by atoms with E-state index in [-0.39, 0.29) is 23.6 Å². The molecule has 0 bridgehead atoms. The molecule has 3 aromatic rings. The summed E-state index contributed by atoms with van der Waals surface area (Å²) in [6, 6.07) is 19.5. The molecule has 0 heterocycles. The number of anilines is 1. The summed E-state index contributed by atoms with van der Waals surface area (Å²) in [5.74, 6) is -0.533. The van der Waals surface area contributed by atoms with E-state index in [4.69, 9.17) is 9.47 Å². The van der Waals surface area contributed by atoms with Crippen molar-refractivity contribution in [1.82, 2.24) is 0 Å². The number of amides is 1. The molecule has 0 radical (unpaired) electrons. The number of rotatable bonds is 8. The Balaban J connectivity index is 1.87. The second-order valence-electron chi connectivity index (χ2n) is 6.74. The van der Waals surface area contributed by atoms with Gasteiger partial charge in [0.15, 0.2) is 11.5 Å². The number of benzene rings is 3. The molecule has 3 aromatic carbocycles. The number of hydrogen-bond acceptors (Lipinski definition) is 7. The van der Waals surface area contributed by atoms with E-state index in [0.29, 0.717) is 17.1 Å². The van der Waals surface area contributed by atoms with Crippen LogP contribution in [0.25, 0.3) is 6.08 Å². The minimum absolute atomic E-state index is 0.0713. The number of ether oxygens (including phenoxy) is 2. The number of nitro benzene ring substituents is 1. The molecule has 0 spiro atoms. The number of nitrogens with zero attached hydrogens (tertiary/aromatic N) is 2. The van der Waals surface area contributed by atoms with E-state index in [1.54, 1.807) is 18.2 Å². The molecule has 0 fully saturated rings. The number of carbonyl (C=O) groups is 1. The maximum absolute atomic E-state index is 12.6. The number of phenols is 1. The topological polar surface area (TPSA) is 135 Å². The van der Waals surface area contributed by atoms with E-state index in [0.717, 1.165) is 17.7 Å². The number of para-hydroxylation sites is 1. The van der Waals surface area contributed by atoms with Crippen molar-refractivity contribution in [3.8, 4) is 23.3 Å². The molecule has 0 unspecified atom stereocenters. The maximum Gasteiger partial charge on any atom is 0.273 e. The lowest BCUT2D eigenvalue weighted by Gasteiger charge is -2.14. The monoisotopic (exact) mass is 445 g/mol. The molecule has 9 heteroatoms. The molecule has 2 N–H and O–H groups in total. The van der Waals surface area contributed by atoms with Gasteiger partial charge in [0.1, 0.15) is 24.0 Å². The second kappa shape index (κ2) is 10.5. The van der Waals surface area contributed by atoms with Crippen molar-refractivity contribution >= 4 is 23.4 Å². The van der Waals surface area contributed by atoms with Crippen LogP contribution in [0.4, 0.5) is 11.4 Å². The number of aromatic hydroxyl groups is 1. The van der Waals surface area contributed by atoms with Gasteiger partial charge in [-0.15, -0.1) is 0 Å². The Hall–Kier alpha value is -4.84. The summed E-state index contributed by atoms with van der Waals surface area (Å²) in [6.07, 6.45) is 1.33. The molecule has 0 aliphatic rings. The maximum atomic E-state index is 12.6. The van der Waals surface area contributed by atoms with Crippen LogP contribution in [-0.2, 0) is 11.4 Å². The average Bonchev–Trinajstić information content (AvgIpc) is 2.83. The van der Waals surface area contributed by atoms with Gasteiger partial charge in [-0.05, 0) is 23.8 Å². The lowest BCUT2D eigenvalue weighted by Crippen LogP contribution is -2.13. The number of nitro groups is 1. The lowest BCUT2D eigenvalue weighted by molar-refractivity contribution is -0.384. The summed E-state index contributed by atoms with van der Waals surface area (Å²) in [5.41, 5.74) is 0.678. The van der Waals surface area contributed by atoms with Crippen LogP contribution in [0, 0.1) is 21.4 Å². The number of methoxy groups -OCH3 is 1. The van der Waals surface area contributed by atoms with Gasteiger partial charge in [0, 0.05) is 11.6 Å². The normalized spacial score (nSPS) is 10.7. The van der Waals surface area contributed by atoms with Crippen LogP contribution >= 0.6 is 0 Å². The van der Waals surface area contributed by atoms with E-state index in [1.165, 1.54) is 19.3 Å². The van der Waals surface area contributed by atoms with Crippen LogP contribution in [0.2, 0.25) is 0 Å². The third-order valence-electron chi connectivity index (χ3n) is 4.56. The van der Waals surface area contributed by atoms with Crippen molar-refractivity contribution in [2.75, 3.05) is 12.4 Å². The van der Waals surface area contributed by atoms with Gasteiger partial charge in [-0.25, -0.2) is 0 Å². The van der Waals surface area contributed by atoms with Gasteiger partial charge in [-0.3, -0.25) is 14.9 Å². The highest BCUT2D eigenvalue weighted by Crippen LogP contribution is 2.34. The largest absolute Gasteiger partial charge is 0.506 e. The number of phenolic OH excluding ortho intramolecular Hbond substituents is 1. The molecule has 33 heavy (non-hydrogen) atoms. The summed E-state index contributed by atoms with van der Waals surface area (Å²) in [4.78, 5) is 22.8. The van der Waals surface area contributed by atoms with Crippen molar-refractivity contribution in [2.45, 2.75) is 6.61 Å². The van der Waals surface area contributed by atoms with Crippen LogP contribution in [0.3, 0.4) is 0 Å². The molecule has 0 aliphatic heterocycles. The fourth-order valence-electron chi connectivity index (χ4n) is 2.92. The van der Waals surface area contributed by atoms with Crippen LogP contribution < -0.4 is 14.8 Å². The average molecular weight is 445 g/mol. The van der Waals surface area contributed by atoms with Crippen LogP contribution in [0.1, 0.15) is 11.1 Å². The fraction of sp³-hybridized carbons (Fsp3) is 0.0833. The van der Waals surface area contributed by atoms with E-state index in [2.05, 4.69) is 5.32 Å². The first-order chi connectivity index (χ1) is 15.9. The number of non-ortho nitro benzene ring substituents is 1. The predicted molar refractivity (Wildman–Crippen MR) is 121 cm³/mol. The molecule has 1 amide bonds. The Labute approximate surface area is 189 Å². The molecule has 9 nitrogen and oxygen atoms in total. The molecule has 0 saturated heterocycles. The minimum atomic E-state index is -0.807. The van der Waals surface area contributed by atoms with Crippen molar-refractivity contribution in [2.24, 2.45) is 0 Å². The number of nitrogens with one attached hydrogen (secondary N) is 1. The van der Waals surface area contributed by atoms with E-state index >= 15 is 0 Å². The Morgan fingerprint density at radius 2 is 1.94 bits per heavy atom. The van der Waals surface area contributed by atoms with Gasteiger partial charge < -0.3 is 19.9 Å². The SMILES string of the molecule is COc1cccc(C=C(C#N)C(=O)Nc2ccc([N+](=O)[O-])cc2O)c1OCc1ccccc1. The van der Waals surface area contributed by atoms with Gasteiger partial charge >= 0.3 is 0 Å². The minimum Gasteiger partial charge on any atom is -0.506 e. The van der Waals surface area contributed by atoms with Crippen molar-refractivity contribution < 1.29 is 24.3 Å². The quantitative estimate of drug-likeness (QED) is 0.172.